The molecule has 1 saturated heterocycles. The summed E-state index contributed by atoms with van der Waals surface area (Å²) < 4.78 is 5.79. The van der Waals surface area contributed by atoms with Gasteiger partial charge in [0.25, 0.3) is 0 Å². The van der Waals surface area contributed by atoms with Gasteiger partial charge in [0.2, 0.25) is 5.91 Å². The maximum Gasteiger partial charge on any atom is 0.224 e. The number of anilines is 2. The number of nitrogens with zero attached hydrogens (tertiary/aromatic N) is 1. The quantitative estimate of drug-likeness (QED) is 0.747. The SMILES string of the molecule is CNCCCC(=O)Nc1ccccc1N1CC(C)OC(C)C1.Cl.Cl. The summed E-state index contributed by atoms with van der Waals surface area (Å²) in [7, 11) is 1.90. The van der Waals surface area contributed by atoms with E-state index in [0.717, 1.165) is 37.4 Å². The first-order chi connectivity index (χ1) is 10.6. The molecule has 0 spiro atoms. The number of halogens is 2. The summed E-state index contributed by atoms with van der Waals surface area (Å²) in [6, 6.07) is 8.00. The number of benzene rings is 1. The van der Waals surface area contributed by atoms with E-state index in [1.165, 1.54) is 0 Å². The van der Waals surface area contributed by atoms with E-state index < -0.39 is 0 Å². The molecule has 2 atom stereocenters. The lowest BCUT2D eigenvalue weighted by Crippen LogP contribution is -2.45. The summed E-state index contributed by atoms with van der Waals surface area (Å²) in [5.41, 5.74) is 1.96. The molecule has 24 heavy (non-hydrogen) atoms. The molecule has 7 heteroatoms. The van der Waals surface area contributed by atoms with Crippen molar-refractivity contribution >= 4 is 42.1 Å². The van der Waals surface area contributed by atoms with E-state index in [1.807, 2.05) is 25.2 Å². The predicted molar refractivity (Wildman–Crippen MR) is 105 cm³/mol. The molecule has 0 radical (unpaired) electrons. The second-order valence-electron chi connectivity index (χ2n) is 5.93. The minimum absolute atomic E-state index is 0. The Balaban J connectivity index is 0.00000264. The van der Waals surface area contributed by atoms with E-state index in [0.29, 0.717) is 6.42 Å². The van der Waals surface area contributed by atoms with Crippen LogP contribution in [0.5, 0.6) is 0 Å². The lowest BCUT2D eigenvalue weighted by Gasteiger charge is -2.37. The summed E-state index contributed by atoms with van der Waals surface area (Å²) >= 11 is 0. The van der Waals surface area contributed by atoms with E-state index >= 15 is 0 Å². The molecule has 2 N–H and O–H groups in total. The Morgan fingerprint density at radius 1 is 1.21 bits per heavy atom. The van der Waals surface area contributed by atoms with Gasteiger partial charge in [-0.25, -0.2) is 0 Å². The maximum atomic E-state index is 12.1. The number of rotatable bonds is 6. The van der Waals surface area contributed by atoms with Crippen LogP contribution < -0.4 is 15.5 Å². The molecule has 0 bridgehead atoms. The van der Waals surface area contributed by atoms with E-state index in [4.69, 9.17) is 4.74 Å². The second-order valence-corrected chi connectivity index (χ2v) is 5.93. The van der Waals surface area contributed by atoms with Crippen molar-refractivity contribution in [3.63, 3.8) is 0 Å². The lowest BCUT2D eigenvalue weighted by atomic mass is 10.1. The first-order valence-electron chi connectivity index (χ1n) is 8.04. The third-order valence-electron chi connectivity index (χ3n) is 3.77. The predicted octanol–water partition coefficient (Wildman–Crippen LogP) is 3.08. The molecular weight excluding hydrogens is 349 g/mol. The highest BCUT2D eigenvalue weighted by molar-refractivity contribution is 5.94. The normalized spacial score (nSPS) is 19.9. The molecule has 1 aliphatic rings. The third-order valence-corrected chi connectivity index (χ3v) is 3.77. The van der Waals surface area contributed by atoms with Crippen LogP contribution in [0.2, 0.25) is 0 Å². The van der Waals surface area contributed by atoms with Crippen LogP contribution in [0.25, 0.3) is 0 Å². The fourth-order valence-electron chi connectivity index (χ4n) is 2.87. The Morgan fingerprint density at radius 2 is 1.83 bits per heavy atom. The molecule has 1 amide bonds. The highest BCUT2D eigenvalue weighted by Gasteiger charge is 2.24. The zero-order valence-electron chi connectivity index (χ0n) is 14.6. The van der Waals surface area contributed by atoms with Gasteiger partial charge in [-0.3, -0.25) is 4.79 Å². The Hall–Kier alpha value is -1.01. The van der Waals surface area contributed by atoms with E-state index in [-0.39, 0.29) is 42.9 Å². The summed E-state index contributed by atoms with van der Waals surface area (Å²) in [5.74, 6) is 0.0667. The number of nitrogens with one attached hydrogen (secondary N) is 2. The Morgan fingerprint density at radius 3 is 2.46 bits per heavy atom. The zero-order valence-corrected chi connectivity index (χ0v) is 16.2. The molecule has 0 aliphatic carbocycles. The average Bonchev–Trinajstić information content (AvgIpc) is 2.47. The van der Waals surface area contributed by atoms with E-state index in [9.17, 15) is 4.79 Å². The van der Waals surface area contributed by atoms with Crippen molar-refractivity contribution in [2.45, 2.75) is 38.9 Å². The fourth-order valence-corrected chi connectivity index (χ4v) is 2.87. The van der Waals surface area contributed by atoms with Crippen molar-refractivity contribution in [2.75, 3.05) is 36.9 Å². The van der Waals surface area contributed by atoms with Gasteiger partial charge >= 0.3 is 0 Å². The van der Waals surface area contributed by atoms with Crippen molar-refractivity contribution in [1.82, 2.24) is 5.32 Å². The van der Waals surface area contributed by atoms with E-state index in [2.05, 4.69) is 35.4 Å². The topological polar surface area (TPSA) is 53.6 Å². The molecule has 2 unspecified atom stereocenters. The molecule has 138 valence electrons. The van der Waals surface area contributed by atoms with Crippen molar-refractivity contribution < 1.29 is 9.53 Å². The summed E-state index contributed by atoms with van der Waals surface area (Å²) in [4.78, 5) is 14.4. The molecule has 1 heterocycles. The van der Waals surface area contributed by atoms with Crippen molar-refractivity contribution in [2.24, 2.45) is 0 Å². The van der Waals surface area contributed by atoms with E-state index in [1.54, 1.807) is 0 Å². The van der Waals surface area contributed by atoms with Gasteiger partial charge in [-0.05, 0) is 46.0 Å². The Kier molecular flexibility index (Phi) is 11.0. The molecule has 0 saturated carbocycles. The van der Waals surface area contributed by atoms with Gasteiger partial charge in [-0.15, -0.1) is 24.8 Å². The summed E-state index contributed by atoms with van der Waals surface area (Å²) in [6.45, 7) is 6.71. The number of hydrogen-bond donors (Lipinski definition) is 2. The summed E-state index contributed by atoms with van der Waals surface area (Å²) in [6.07, 6.45) is 1.77. The van der Waals surface area contributed by atoms with Gasteiger partial charge in [-0.1, -0.05) is 12.1 Å². The molecule has 1 aliphatic heterocycles. The molecule has 1 fully saturated rings. The van der Waals surface area contributed by atoms with Crippen molar-refractivity contribution in [1.29, 1.82) is 0 Å². The molecule has 1 aromatic carbocycles. The van der Waals surface area contributed by atoms with Crippen LogP contribution in [-0.2, 0) is 9.53 Å². The number of para-hydroxylation sites is 2. The van der Waals surface area contributed by atoms with Crippen molar-refractivity contribution in [3.05, 3.63) is 24.3 Å². The number of morpholine rings is 1. The second kappa shape index (κ2) is 11.5. The molecule has 0 aromatic heterocycles. The first kappa shape index (κ1) is 23.0. The van der Waals surface area contributed by atoms with Gasteiger partial charge < -0.3 is 20.3 Å². The zero-order chi connectivity index (χ0) is 15.9. The largest absolute Gasteiger partial charge is 0.372 e. The molecule has 5 nitrogen and oxygen atoms in total. The van der Waals surface area contributed by atoms with Crippen LogP contribution in [0.15, 0.2) is 24.3 Å². The minimum atomic E-state index is 0. The minimum Gasteiger partial charge on any atom is -0.372 e. The monoisotopic (exact) mass is 377 g/mol. The average molecular weight is 378 g/mol. The van der Waals surface area contributed by atoms with Gasteiger partial charge in [0.1, 0.15) is 0 Å². The number of amides is 1. The number of carbonyl (C=O) groups is 1. The fraction of sp³-hybridized carbons (Fsp3) is 0.588. The standard InChI is InChI=1S/C17H27N3O2.2ClH/c1-13-11-20(12-14(2)22-13)16-8-5-4-7-15(16)19-17(21)9-6-10-18-3;;/h4-5,7-8,13-14,18H,6,9-12H2,1-3H3,(H,19,21);2*1H. The van der Waals surface area contributed by atoms with Crippen LogP contribution in [-0.4, -0.2) is 44.8 Å². The molecule has 2 rings (SSSR count). The van der Waals surface area contributed by atoms with Gasteiger partial charge in [-0.2, -0.15) is 0 Å². The third kappa shape index (κ3) is 6.85. The number of hydrogen-bond acceptors (Lipinski definition) is 4. The highest BCUT2D eigenvalue weighted by Crippen LogP contribution is 2.28. The maximum absolute atomic E-state index is 12.1. The Labute approximate surface area is 157 Å². The highest BCUT2D eigenvalue weighted by atomic mass is 35.5. The van der Waals surface area contributed by atoms with Crippen LogP contribution in [0, 0.1) is 0 Å². The van der Waals surface area contributed by atoms with Crippen LogP contribution in [0.3, 0.4) is 0 Å². The number of ether oxygens (including phenoxy) is 1. The van der Waals surface area contributed by atoms with Crippen LogP contribution in [0.1, 0.15) is 26.7 Å². The van der Waals surface area contributed by atoms with Crippen LogP contribution in [0.4, 0.5) is 11.4 Å². The number of carbonyl (C=O) groups excluding carboxylic acids is 1. The smallest absolute Gasteiger partial charge is 0.224 e. The molecular formula is C17H29Cl2N3O2. The Bertz CT molecular complexity index is 492. The van der Waals surface area contributed by atoms with Gasteiger partial charge in [0.05, 0.1) is 23.6 Å². The first-order valence-corrected chi connectivity index (χ1v) is 8.04. The lowest BCUT2D eigenvalue weighted by molar-refractivity contribution is -0.116. The van der Waals surface area contributed by atoms with Gasteiger partial charge in [0.15, 0.2) is 0 Å². The van der Waals surface area contributed by atoms with Crippen LogP contribution >= 0.6 is 24.8 Å². The molecule has 1 aromatic rings. The summed E-state index contributed by atoms with van der Waals surface area (Å²) in [5, 5.41) is 6.10. The van der Waals surface area contributed by atoms with Crippen molar-refractivity contribution in [3.8, 4) is 0 Å². The van der Waals surface area contributed by atoms with Gasteiger partial charge in [0, 0.05) is 19.5 Å².